The molecule has 1 atom stereocenters. The smallest absolute Gasteiger partial charge is 0.407 e. The van der Waals surface area contributed by atoms with Crippen LogP contribution in [0, 0.1) is 0 Å². The maximum Gasteiger partial charge on any atom is 0.407 e. The van der Waals surface area contributed by atoms with Gasteiger partial charge in [-0.05, 0) is 12.8 Å². The number of esters is 1. The van der Waals surface area contributed by atoms with Gasteiger partial charge in [-0.1, -0.05) is 52.5 Å². The first-order chi connectivity index (χ1) is 10.1. The summed E-state index contributed by atoms with van der Waals surface area (Å²) in [5, 5.41) is 2.72. The Morgan fingerprint density at radius 3 is 2.43 bits per heavy atom. The molecule has 5 nitrogen and oxygen atoms in total. The lowest BCUT2D eigenvalue weighted by Gasteiger charge is -2.16. The summed E-state index contributed by atoms with van der Waals surface area (Å²) < 4.78 is 10.0. The van der Waals surface area contributed by atoms with Crippen molar-refractivity contribution in [3.8, 4) is 0 Å². The maximum absolute atomic E-state index is 11.6. The van der Waals surface area contributed by atoms with E-state index in [4.69, 9.17) is 9.47 Å². The molecule has 0 radical (unpaired) electrons. The van der Waals surface area contributed by atoms with E-state index in [0.717, 1.165) is 18.9 Å². The van der Waals surface area contributed by atoms with Crippen molar-refractivity contribution < 1.29 is 19.1 Å². The first kappa shape index (κ1) is 19.5. The summed E-state index contributed by atoms with van der Waals surface area (Å²) in [6, 6.07) is 0. The molecule has 0 aliphatic heterocycles. The van der Waals surface area contributed by atoms with E-state index in [1.54, 1.807) is 0 Å². The number of hydrogen-bond acceptors (Lipinski definition) is 4. The van der Waals surface area contributed by atoms with Gasteiger partial charge in [-0.3, -0.25) is 0 Å². The van der Waals surface area contributed by atoms with E-state index >= 15 is 0 Å². The van der Waals surface area contributed by atoms with Crippen molar-refractivity contribution in [3.05, 3.63) is 12.7 Å². The number of nitrogens with one attached hydrogen (secondary N) is 1. The fraction of sp³-hybridized carbons (Fsp3) is 0.750. The molecule has 1 amide bonds. The van der Waals surface area contributed by atoms with Gasteiger partial charge in [0, 0.05) is 12.6 Å². The van der Waals surface area contributed by atoms with Gasteiger partial charge in [0.05, 0.1) is 0 Å². The van der Waals surface area contributed by atoms with Gasteiger partial charge in [-0.25, -0.2) is 9.59 Å². The summed E-state index contributed by atoms with van der Waals surface area (Å²) in [5.41, 5.74) is 0. The van der Waals surface area contributed by atoms with E-state index in [-0.39, 0.29) is 6.61 Å². The Morgan fingerprint density at radius 2 is 1.81 bits per heavy atom. The number of hydrogen-bond donors (Lipinski definition) is 1. The Hall–Kier alpha value is -1.52. The SMILES string of the molecule is C=CC(=O)OCC(CC)OC(=O)NCCCCCCCC. The molecule has 21 heavy (non-hydrogen) atoms. The predicted molar refractivity (Wildman–Crippen MR) is 83.1 cm³/mol. The molecule has 0 aromatic rings. The average Bonchev–Trinajstić information content (AvgIpc) is 2.50. The third-order valence-electron chi connectivity index (χ3n) is 3.11. The van der Waals surface area contributed by atoms with Gasteiger partial charge >= 0.3 is 12.1 Å². The van der Waals surface area contributed by atoms with Gasteiger partial charge in [0.1, 0.15) is 12.7 Å². The molecule has 122 valence electrons. The van der Waals surface area contributed by atoms with Crippen molar-refractivity contribution >= 4 is 12.1 Å². The lowest BCUT2D eigenvalue weighted by Crippen LogP contribution is -2.32. The van der Waals surface area contributed by atoms with Crippen LogP contribution in [0.4, 0.5) is 4.79 Å². The molecule has 0 saturated carbocycles. The van der Waals surface area contributed by atoms with E-state index in [1.165, 1.54) is 25.7 Å². The van der Waals surface area contributed by atoms with Crippen LogP contribution in [-0.4, -0.2) is 31.3 Å². The Bertz CT molecular complexity index is 305. The molecule has 0 rings (SSSR count). The molecule has 0 spiro atoms. The molecule has 5 heteroatoms. The number of unbranched alkanes of at least 4 members (excludes halogenated alkanes) is 5. The van der Waals surface area contributed by atoms with E-state index < -0.39 is 18.2 Å². The van der Waals surface area contributed by atoms with Gasteiger partial charge < -0.3 is 14.8 Å². The molecular weight excluding hydrogens is 270 g/mol. The van der Waals surface area contributed by atoms with Gasteiger partial charge in [0.15, 0.2) is 0 Å². The van der Waals surface area contributed by atoms with Gasteiger partial charge in [-0.15, -0.1) is 0 Å². The summed E-state index contributed by atoms with van der Waals surface area (Å²) in [4.78, 5) is 22.5. The van der Waals surface area contributed by atoms with Crippen molar-refractivity contribution in [2.75, 3.05) is 13.2 Å². The average molecular weight is 299 g/mol. The number of amides is 1. The Kier molecular flexibility index (Phi) is 12.5. The van der Waals surface area contributed by atoms with Crippen LogP contribution in [0.2, 0.25) is 0 Å². The molecule has 1 unspecified atom stereocenters. The van der Waals surface area contributed by atoms with Crippen LogP contribution < -0.4 is 5.32 Å². The van der Waals surface area contributed by atoms with Crippen molar-refractivity contribution in [1.29, 1.82) is 0 Å². The highest BCUT2D eigenvalue weighted by molar-refractivity contribution is 5.81. The highest BCUT2D eigenvalue weighted by Gasteiger charge is 2.13. The number of carbonyl (C=O) groups excluding carboxylic acids is 2. The summed E-state index contributed by atoms with van der Waals surface area (Å²) in [6.07, 6.45) is 7.86. The summed E-state index contributed by atoms with van der Waals surface area (Å²) >= 11 is 0. The zero-order valence-corrected chi connectivity index (χ0v) is 13.4. The molecule has 0 saturated heterocycles. The van der Waals surface area contributed by atoms with E-state index in [2.05, 4.69) is 18.8 Å². The molecular formula is C16H29NO4. The summed E-state index contributed by atoms with van der Waals surface area (Å²) in [6.45, 7) is 8.04. The monoisotopic (exact) mass is 299 g/mol. The van der Waals surface area contributed by atoms with Crippen molar-refractivity contribution in [3.63, 3.8) is 0 Å². The zero-order valence-electron chi connectivity index (χ0n) is 13.4. The fourth-order valence-electron chi connectivity index (χ4n) is 1.76. The minimum atomic E-state index is -0.510. The number of rotatable bonds is 12. The standard InChI is InChI=1S/C16H29NO4/c1-4-7-8-9-10-11-12-17-16(19)21-14(5-2)13-20-15(18)6-3/h6,14H,3-5,7-13H2,1-2H3,(H,17,19). The fourth-order valence-corrected chi connectivity index (χ4v) is 1.76. The first-order valence-corrected chi connectivity index (χ1v) is 7.87. The van der Waals surface area contributed by atoms with Crippen molar-refractivity contribution in [2.45, 2.75) is 64.9 Å². The molecule has 0 heterocycles. The van der Waals surface area contributed by atoms with Crippen LogP contribution in [-0.2, 0) is 14.3 Å². The van der Waals surface area contributed by atoms with E-state index in [9.17, 15) is 9.59 Å². The minimum absolute atomic E-state index is 0.0613. The number of alkyl carbamates (subject to hydrolysis) is 1. The highest BCUT2D eigenvalue weighted by Crippen LogP contribution is 2.04. The third-order valence-corrected chi connectivity index (χ3v) is 3.11. The third kappa shape index (κ3) is 12.0. The molecule has 0 fully saturated rings. The van der Waals surface area contributed by atoms with Crippen LogP contribution in [0.5, 0.6) is 0 Å². The summed E-state index contributed by atoms with van der Waals surface area (Å²) in [5.74, 6) is -0.510. The second-order valence-electron chi connectivity index (χ2n) is 4.96. The topological polar surface area (TPSA) is 64.6 Å². The molecule has 0 aliphatic rings. The zero-order chi connectivity index (χ0) is 15.9. The normalized spacial score (nSPS) is 11.5. The van der Waals surface area contributed by atoms with Crippen LogP contribution in [0.15, 0.2) is 12.7 Å². The van der Waals surface area contributed by atoms with Crippen molar-refractivity contribution in [2.24, 2.45) is 0 Å². The Balaban J connectivity index is 3.65. The predicted octanol–water partition coefficient (Wildman–Crippen LogP) is 3.58. The summed E-state index contributed by atoms with van der Waals surface area (Å²) in [7, 11) is 0. The minimum Gasteiger partial charge on any atom is -0.459 e. The van der Waals surface area contributed by atoms with Gasteiger partial charge in [-0.2, -0.15) is 0 Å². The van der Waals surface area contributed by atoms with Crippen LogP contribution in [0.3, 0.4) is 0 Å². The maximum atomic E-state index is 11.6. The molecule has 0 aromatic heterocycles. The molecule has 1 N–H and O–H groups in total. The molecule has 0 aliphatic carbocycles. The number of carbonyl (C=O) groups is 2. The lowest BCUT2D eigenvalue weighted by molar-refractivity contribution is -0.140. The molecule has 0 bridgehead atoms. The van der Waals surface area contributed by atoms with E-state index in [1.807, 2.05) is 6.92 Å². The second kappa shape index (κ2) is 13.5. The number of ether oxygens (including phenoxy) is 2. The quantitative estimate of drug-likeness (QED) is 0.340. The lowest BCUT2D eigenvalue weighted by atomic mass is 10.1. The Morgan fingerprint density at radius 1 is 1.14 bits per heavy atom. The van der Waals surface area contributed by atoms with E-state index in [0.29, 0.717) is 13.0 Å². The second-order valence-corrected chi connectivity index (χ2v) is 4.96. The first-order valence-electron chi connectivity index (χ1n) is 7.87. The van der Waals surface area contributed by atoms with Crippen molar-refractivity contribution in [1.82, 2.24) is 5.32 Å². The highest BCUT2D eigenvalue weighted by atomic mass is 16.6. The van der Waals surface area contributed by atoms with Gasteiger partial charge in [0.25, 0.3) is 0 Å². The largest absolute Gasteiger partial charge is 0.459 e. The van der Waals surface area contributed by atoms with Crippen LogP contribution >= 0.6 is 0 Å². The molecule has 0 aromatic carbocycles. The van der Waals surface area contributed by atoms with Crippen LogP contribution in [0.1, 0.15) is 58.8 Å². The Labute approximate surface area is 128 Å². The van der Waals surface area contributed by atoms with Crippen LogP contribution in [0.25, 0.3) is 0 Å². The van der Waals surface area contributed by atoms with Gasteiger partial charge in [0.2, 0.25) is 0 Å².